The molecule has 55 heavy (non-hydrogen) atoms. The smallest absolute Gasteiger partial charge is 0.410 e. The topological polar surface area (TPSA) is 115 Å². The van der Waals surface area contributed by atoms with Crippen LogP contribution in [0.1, 0.15) is 97.0 Å². The molecule has 3 aromatic carbocycles. The van der Waals surface area contributed by atoms with Gasteiger partial charge >= 0.3 is 6.09 Å². The molecule has 2 aromatic heterocycles. The fourth-order valence-corrected chi connectivity index (χ4v) is 8.81. The fraction of sp³-hybridized carbons (Fsp3) is 0.500. The van der Waals surface area contributed by atoms with E-state index in [1.165, 1.54) is 0 Å². The Bertz CT molecular complexity index is 2280. The first kappa shape index (κ1) is 37.0. The summed E-state index contributed by atoms with van der Waals surface area (Å²) in [5.74, 6) is 3.15. The molecule has 0 saturated carbocycles. The molecule has 0 aliphatic carbocycles. The van der Waals surface area contributed by atoms with Crippen molar-refractivity contribution in [1.82, 2.24) is 29.3 Å². The van der Waals surface area contributed by atoms with Crippen LogP contribution >= 0.6 is 0 Å². The number of rotatable bonds is 7. The van der Waals surface area contributed by atoms with Crippen molar-refractivity contribution in [1.29, 1.82) is 0 Å². The van der Waals surface area contributed by atoms with Gasteiger partial charge in [-0.1, -0.05) is 39.0 Å². The van der Waals surface area contributed by atoms with Crippen molar-refractivity contribution < 1.29 is 23.8 Å². The van der Waals surface area contributed by atoms with Gasteiger partial charge < -0.3 is 28.7 Å². The van der Waals surface area contributed by atoms with E-state index in [0.29, 0.717) is 19.8 Å². The number of hydrogen-bond acceptors (Lipinski definition) is 7. The molecule has 2 amide bonds. The highest BCUT2D eigenvalue weighted by molar-refractivity contribution is 6.07. The van der Waals surface area contributed by atoms with Crippen LogP contribution in [0.25, 0.3) is 44.2 Å². The molecule has 3 aliphatic heterocycles. The molecule has 2 fully saturated rings. The summed E-state index contributed by atoms with van der Waals surface area (Å²) < 4.78 is 19.8. The number of carbonyl (C=O) groups excluding carboxylic acids is 2. The molecule has 3 aliphatic rings. The van der Waals surface area contributed by atoms with Crippen molar-refractivity contribution in [2.75, 3.05) is 20.3 Å². The monoisotopic (exact) mass is 746 g/mol. The zero-order valence-corrected chi connectivity index (χ0v) is 33.6. The zero-order valence-electron chi connectivity index (χ0n) is 33.6. The number of benzene rings is 3. The molecule has 2 saturated heterocycles. The Balaban J connectivity index is 1.08. The van der Waals surface area contributed by atoms with Gasteiger partial charge in [0.15, 0.2) is 0 Å². The number of likely N-dealkylation sites (tertiary alicyclic amines) is 2. The second kappa shape index (κ2) is 14.0. The van der Waals surface area contributed by atoms with Gasteiger partial charge in [0.2, 0.25) is 5.91 Å². The highest BCUT2D eigenvalue weighted by Gasteiger charge is 2.41. The minimum absolute atomic E-state index is 0.0412. The number of ether oxygens (including phenoxy) is 3. The third kappa shape index (κ3) is 6.64. The van der Waals surface area contributed by atoms with E-state index in [9.17, 15) is 9.59 Å². The Morgan fingerprint density at radius 1 is 1.04 bits per heavy atom. The lowest BCUT2D eigenvalue weighted by Gasteiger charge is -2.31. The molecule has 5 heterocycles. The summed E-state index contributed by atoms with van der Waals surface area (Å²) in [4.78, 5) is 44.4. The quantitative estimate of drug-likeness (QED) is 0.177. The van der Waals surface area contributed by atoms with Gasteiger partial charge in [0.1, 0.15) is 29.6 Å². The molecule has 0 unspecified atom stereocenters. The van der Waals surface area contributed by atoms with Crippen molar-refractivity contribution in [3.05, 3.63) is 65.9 Å². The number of nitrogens with one attached hydrogen (secondary N) is 1. The number of fused-ring (bicyclic) bond motifs is 6. The van der Waals surface area contributed by atoms with E-state index in [1.54, 1.807) is 12.0 Å². The number of aromatic nitrogens is 4. The first-order valence-corrected chi connectivity index (χ1v) is 19.8. The standard InChI is InChI=1S/C44H54N6O5/c1-24(2)26(4)42(51)50-25(3)10-15-35(50)40-46-34-14-12-28-18-33-31-13-11-29(17-30(31)23-54-38(33)19-32(28)39(34)47-40)37-20-45-41(48(37)8)36-16-27(22-53-9)21-49(36)43(52)55-44(5,6)7/h11-14,17-20,24-27,35-36H,10,15-16,21-23H2,1-9H3,(H,46,47)/t25-,26-,27-,35-,36-/m0/s1. The molecular formula is C44H54N6O5. The third-order valence-electron chi connectivity index (χ3n) is 12.0. The maximum absolute atomic E-state index is 13.6. The van der Waals surface area contributed by atoms with Crippen LogP contribution < -0.4 is 4.74 Å². The Morgan fingerprint density at radius 3 is 2.58 bits per heavy atom. The predicted molar refractivity (Wildman–Crippen MR) is 214 cm³/mol. The summed E-state index contributed by atoms with van der Waals surface area (Å²) in [6.45, 7) is 15.6. The minimum atomic E-state index is -0.594. The van der Waals surface area contributed by atoms with Crippen LogP contribution in [-0.4, -0.2) is 73.2 Å². The van der Waals surface area contributed by atoms with Crippen LogP contribution in [0.15, 0.2) is 48.7 Å². The largest absolute Gasteiger partial charge is 0.488 e. The number of H-pyrrole nitrogens is 1. The van der Waals surface area contributed by atoms with Crippen LogP contribution in [0.3, 0.4) is 0 Å². The van der Waals surface area contributed by atoms with E-state index in [2.05, 4.69) is 77.7 Å². The molecule has 11 heteroatoms. The van der Waals surface area contributed by atoms with E-state index < -0.39 is 5.60 Å². The first-order chi connectivity index (χ1) is 26.2. The minimum Gasteiger partial charge on any atom is -0.488 e. The van der Waals surface area contributed by atoms with Crippen LogP contribution in [0, 0.1) is 17.8 Å². The van der Waals surface area contributed by atoms with Gasteiger partial charge in [0.05, 0.1) is 41.6 Å². The van der Waals surface area contributed by atoms with E-state index >= 15 is 0 Å². The second-order valence-corrected chi connectivity index (χ2v) is 17.3. The summed E-state index contributed by atoms with van der Waals surface area (Å²) >= 11 is 0. The summed E-state index contributed by atoms with van der Waals surface area (Å²) in [5, 5.41) is 2.11. The van der Waals surface area contributed by atoms with Gasteiger partial charge in [-0.25, -0.2) is 14.8 Å². The molecule has 290 valence electrons. The Morgan fingerprint density at radius 2 is 1.84 bits per heavy atom. The number of methoxy groups -OCH3 is 1. The molecule has 1 N–H and O–H groups in total. The summed E-state index contributed by atoms with van der Waals surface area (Å²) in [6, 6.07) is 15.0. The molecule has 0 radical (unpaired) electrons. The number of hydrogen-bond donors (Lipinski definition) is 1. The lowest BCUT2D eigenvalue weighted by molar-refractivity contribution is -0.139. The van der Waals surface area contributed by atoms with Crippen molar-refractivity contribution >= 4 is 33.8 Å². The maximum atomic E-state index is 13.6. The van der Waals surface area contributed by atoms with Crippen molar-refractivity contribution in [3.63, 3.8) is 0 Å². The normalized spacial score (nSPS) is 21.6. The van der Waals surface area contributed by atoms with Crippen molar-refractivity contribution in [3.8, 4) is 28.1 Å². The Kier molecular flexibility index (Phi) is 9.43. The van der Waals surface area contributed by atoms with E-state index in [1.807, 2.05) is 40.9 Å². The summed E-state index contributed by atoms with van der Waals surface area (Å²) in [5.41, 5.74) is 6.55. The number of carbonyl (C=O) groups is 2. The van der Waals surface area contributed by atoms with Gasteiger partial charge in [0, 0.05) is 55.1 Å². The number of aromatic amines is 1. The maximum Gasteiger partial charge on any atom is 0.410 e. The Labute approximate surface area is 323 Å². The molecule has 0 spiro atoms. The van der Waals surface area contributed by atoms with Gasteiger partial charge in [0.25, 0.3) is 0 Å². The van der Waals surface area contributed by atoms with Crippen LogP contribution in [0.5, 0.6) is 5.75 Å². The molecule has 11 nitrogen and oxygen atoms in total. The van der Waals surface area contributed by atoms with Gasteiger partial charge in [-0.2, -0.15) is 0 Å². The Hall–Kier alpha value is -4.90. The lowest BCUT2D eigenvalue weighted by Crippen LogP contribution is -2.40. The highest BCUT2D eigenvalue weighted by Crippen LogP contribution is 2.44. The summed E-state index contributed by atoms with van der Waals surface area (Å²) in [6.07, 6.45) is 4.18. The average Bonchev–Trinajstić information content (AvgIpc) is 3.94. The lowest BCUT2D eigenvalue weighted by atomic mass is 9.92. The number of nitrogens with zero attached hydrogens (tertiary/aromatic N) is 5. The van der Waals surface area contributed by atoms with Crippen LogP contribution in [0.4, 0.5) is 4.79 Å². The van der Waals surface area contributed by atoms with Crippen molar-refractivity contribution in [2.45, 2.75) is 98.1 Å². The SMILES string of the molecule is COC[C@H]1C[C@@H](c2ncc(-c3ccc4c(c3)COc3cc5c(ccc6[nH]c([C@@H]7CC[C@H](C)N7C(=O)[C@@H](C)C(C)C)nc65)cc3-4)n2C)N(C(=O)OC(C)(C)C)C1. The van der Waals surface area contributed by atoms with Crippen LogP contribution in [-0.2, 0) is 27.9 Å². The fourth-order valence-electron chi connectivity index (χ4n) is 8.81. The van der Waals surface area contributed by atoms with E-state index in [0.717, 1.165) is 86.4 Å². The molecule has 0 bridgehead atoms. The zero-order chi connectivity index (χ0) is 38.9. The molecule has 8 rings (SSSR count). The highest BCUT2D eigenvalue weighted by atomic mass is 16.6. The van der Waals surface area contributed by atoms with E-state index in [-0.39, 0.29) is 47.9 Å². The number of imidazole rings is 2. The van der Waals surface area contributed by atoms with Gasteiger partial charge in [-0.15, -0.1) is 0 Å². The molecular weight excluding hydrogens is 693 g/mol. The molecule has 5 atom stereocenters. The van der Waals surface area contributed by atoms with Crippen LogP contribution in [0.2, 0.25) is 0 Å². The third-order valence-corrected chi connectivity index (χ3v) is 12.0. The molecule has 5 aromatic rings. The summed E-state index contributed by atoms with van der Waals surface area (Å²) in [7, 11) is 3.71. The predicted octanol–water partition coefficient (Wildman–Crippen LogP) is 8.96. The average molecular weight is 747 g/mol. The van der Waals surface area contributed by atoms with Crippen molar-refractivity contribution in [2.24, 2.45) is 24.8 Å². The van der Waals surface area contributed by atoms with Gasteiger partial charge in [-0.3, -0.25) is 9.69 Å². The van der Waals surface area contributed by atoms with E-state index in [4.69, 9.17) is 24.2 Å². The number of amides is 2. The first-order valence-electron chi connectivity index (χ1n) is 19.8. The second-order valence-electron chi connectivity index (χ2n) is 17.3. The van der Waals surface area contributed by atoms with Gasteiger partial charge in [-0.05, 0) is 93.7 Å².